The second kappa shape index (κ2) is 13.8. The molecule has 0 nitrogen and oxygen atoms in total. The molecule has 4 atom stereocenters. The summed E-state index contributed by atoms with van der Waals surface area (Å²) in [5.74, 6) is 0.311. The van der Waals surface area contributed by atoms with E-state index < -0.39 is 25.7 Å². The molecule has 0 saturated heterocycles. The zero-order valence-electron chi connectivity index (χ0n) is 35.4. The zero-order valence-corrected chi connectivity index (χ0v) is 41.5. The van der Waals surface area contributed by atoms with E-state index in [-0.39, 0.29) is 30.0 Å². The van der Waals surface area contributed by atoms with Crippen LogP contribution in [-0.2, 0) is 41.3 Å². The fourth-order valence-electron chi connectivity index (χ4n) is 12.0. The van der Waals surface area contributed by atoms with Crippen LogP contribution in [0.5, 0.6) is 0 Å². The average molecular weight is 941 g/mol. The summed E-state index contributed by atoms with van der Waals surface area (Å²) in [5, 5.41) is 3.21. The maximum absolute atomic E-state index is 8.30. The summed E-state index contributed by atoms with van der Waals surface area (Å²) in [6, 6.07) is 10.1. The van der Waals surface area contributed by atoms with Crippen LogP contribution in [-0.4, -0.2) is 8.07 Å². The normalized spacial score (nSPS) is 25.6. The van der Waals surface area contributed by atoms with Crippen molar-refractivity contribution < 1.29 is 17.6 Å². The van der Waals surface area contributed by atoms with Gasteiger partial charge >= 0.3 is 343 Å². The summed E-state index contributed by atoms with van der Waals surface area (Å²) in [4.78, 5) is 0. The number of allylic oxidation sites excluding steroid dienone is 16. The van der Waals surface area contributed by atoms with Crippen molar-refractivity contribution in [3.63, 3.8) is 0 Å². The molecular formula is C50H62Cl2HfSi. The van der Waals surface area contributed by atoms with Gasteiger partial charge in [0.1, 0.15) is 0 Å². The Morgan fingerprint density at radius 2 is 0.963 bits per heavy atom. The number of benzene rings is 2. The van der Waals surface area contributed by atoms with Crippen LogP contribution in [0.4, 0.5) is 0 Å². The molecule has 2 aromatic carbocycles. The molecule has 0 N–H and O–H groups in total. The van der Waals surface area contributed by atoms with Crippen molar-refractivity contribution in [1.29, 1.82) is 0 Å². The summed E-state index contributed by atoms with van der Waals surface area (Å²) < 4.78 is 0.238. The quantitative estimate of drug-likeness (QED) is 0.268. The van der Waals surface area contributed by atoms with Gasteiger partial charge in [-0.2, -0.15) is 0 Å². The summed E-state index contributed by atoms with van der Waals surface area (Å²) in [5.41, 5.74) is 20.5. The summed E-state index contributed by atoms with van der Waals surface area (Å²) in [6.45, 7) is 33.6. The summed E-state index contributed by atoms with van der Waals surface area (Å²) in [7, 11) is 14.2. The SMILES string of the molecule is CCc1cc(C2C=CC=CC3=C2C2=C(C)[CH]3[Hf]([Cl])([Cl])[CH]3C(C)=C(C4=C3C=CC=CC4c3cc(C)c(C(C)(C)C)c(CC)c3)[Si]2(C)C)cc(C)c1C(C)(C)C. The molecule has 0 aromatic heterocycles. The molecule has 0 radical (unpaired) electrons. The summed E-state index contributed by atoms with van der Waals surface area (Å²) in [6.07, 6.45) is 20.9. The average Bonchev–Trinajstić information content (AvgIpc) is 3.32. The molecule has 4 heteroatoms. The Hall–Kier alpha value is -1.97. The van der Waals surface area contributed by atoms with Crippen LogP contribution in [0.25, 0.3) is 0 Å². The Morgan fingerprint density at radius 3 is 1.30 bits per heavy atom. The first kappa shape index (κ1) is 40.2. The minimum absolute atomic E-state index is 0.0924. The van der Waals surface area contributed by atoms with Crippen LogP contribution in [0.2, 0.25) is 20.4 Å². The van der Waals surface area contributed by atoms with Gasteiger partial charge in [-0.15, -0.1) is 0 Å². The van der Waals surface area contributed by atoms with Gasteiger partial charge in [-0.05, 0) is 0 Å². The van der Waals surface area contributed by atoms with E-state index in [9.17, 15) is 0 Å². The Balaban J connectivity index is 1.47. The van der Waals surface area contributed by atoms with Crippen molar-refractivity contribution in [2.24, 2.45) is 0 Å². The Labute approximate surface area is 340 Å². The predicted octanol–water partition coefficient (Wildman–Crippen LogP) is 15.2. The molecule has 0 saturated carbocycles. The Bertz CT molecular complexity index is 2060. The van der Waals surface area contributed by atoms with Crippen molar-refractivity contribution in [3.8, 4) is 0 Å². The van der Waals surface area contributed by atoms with Gasteiger partial charge in [0.05, 0.1) is 0 Å². The van der Waals surface area contributed by atoms with Crippen molar-refractivity contribution in [2.45, 2.75) is 139 Å². The van der Waals surface area contributed by atoms with Gasteiger partial charge in [0.2, 0.25) is 0 Å². The van der Waals surface area contributed by atoms with E-state index in [1.165, 1.54) is 77.9 Å². The van der Waals surface area contributed by atoms with Crippen LogP contribution >= 0.6 is 17.2 Å². The molecule has 4 unspecified atom stereocenters. The molecule has 1 heterocycles. The molecule has 4 aliphatic carbocycles. The van der Waals surface area contributed by atoms with Crippen LogP contribution in [0.15, 0.2) is 117 Å². The fourth-order valence-corrected chi connectivity index (χ4v) is 37.9. The predicted molar refractivity (Wildman–Crippen MR) is 237 cm³/mol. The number of hydrogen-bond acceptors (Lipinski definition) is 0. The second-order valence-electron chi connectivity index (χ2n) is 19.4. The number of aryl methyl sites for hydroxylation is 4. The van der Waals surface area contributed by atoms with Gasteiger partial charge in [0.25, 0.3) is 0 Å². The van der Waals surface area contributed by atoms with Gasteiger partial charge in [-0.1, -0.05) is 0 Å². The first-order valence-corrected chi connectivity index (χ1v) is 36.5. The van der Waals surface area contributed by atoms with Gasteiger partial charge in [0, 0.05) is 0 Å². The van der Waals surface area contributed by atoms with Crippen molar-refractivity contribution in [2.75, 3.05) is 0 Å². The second-order valence-corrected chi connectivity index (χ2v) is 44.5. The topological polar surface area (TPSA) is 0 Å². The molecule has 4 bridgehead atoms. The van der Waals surface area contributed by atoms with E-state index in [0.29, 0.717) is 0 Å². The maximum atomic E-state index is 8.30. The third-order valence-electron chi connectivity index (χ3n) is 13.3. The van der Waals surface area contributed by atoms with Gasteiger partial charge < -0.3 is 0 Å². The van der Waals surface area contributed by atoms with Crippen molar-refractivity contribution in [1.82, 2.24) is 0 Å². The van der Waals surface area contributed by atoms with Gasteiger partial charge in [0.15, 0.2) is 0 Å². The first-order chi connectivity index (χ1) is 25.2. The van der Waals surface area contributed by atoms with E-state index in [4.69, 9.17) is 17.2 Å². The molecular weight excluding hydrogens is 878 g/mol. The van der Waals surface area contributed by atoms with E-state index in [1.54, 1.807) is 10.4 Å². The summed E-state index contributed by atoms with van der Waals surface area (Å²) >= 11 is -4.33. The van der Waals surface area contributed by atoms with Crippen LogP contribution < -0.4 is 0 Å². The number of fused-ring (bicyclic) bond motifs is 6. The molecule has 0 spiro atoms. The monoisotopic (exact) mass is 940 g/mol. The standard InChI is InChI=1S/C50H62Si.2ClH.Hf/c1-15-35-29-39(25-31(3)45(35)49(7,8)9)41-23-19-17-21-37-27-33(5)47(43(37)41)51(13,14)48-34(6)28-38-22-18-20-24-42(44(38)48)40-26-32(4)46(50(10,11)12)36(16-2)30-40;;;/h17-30,41-42H,15-16H2,1-14H3;2*1H;/q;;;+2/p-2. The van der Waals surface area contributed by atoms with Crippen molar-refractivity contribution >= 4 is 25.2 Å². The number of rotatable bonds is 4. The molecule has 54 heavy (non-hydrogen) atoms. The fraction of sp³-hybridized carbons (Fsp3) is 0.440. The molecule has 284 valence electrons. The third kappa shape index (κ3) is 6.13. The van der Waals surface area contributed by atoms with Crippen LogP contribution in [0, 0.1) is 13.8 Å². The van der Waals surface area contributed by atoms with Crippen molar-refractivity contribution in [3.05, 3.63) is 161 Å². The number of hydrogen-bond donors (Lipinski definition) is 0. The van der Waals surface area contributed by atoms with E-state index in [0.717, 1.165) is 12.8 Å². The van der Waals surface area contributed by atoms with E-state index >= 15 is 0 Å². The minimum atomic E-state index is -4.33. The van der Waals surface area contributed by atoms with Crippen LogP contribution in [0.3, 0.4) is 0 Å². The molecule has 5 aliphatic rings. The molecule has 2 aromatic rings. The molecule has 0 fully saturated rings. The molecule has 1 aliphatic heterocycles. The first-order valence-electron chi connectivity index (χ1n) is 20.4. The van der Waals surface area contributed by atoms with E-state index in [2.05, 4.69) is 169 Å². The van der Waals surface area contributed by atoms with Crippen LogP contribution in [0.1, 0.15) is 126 Å². The van der Waals surface area contributed by atoms with Gasteiger partial charge in [-0.25, -0.2) is 0 Å². The molecule has 7 rings (SSSR count). The van der Waals surface area contributed by atoms with E-state index in [1.807, 2.05) is 0 Å². The Morgan fingerprint density at radius 1 is 0.593 bits per heavy atom. The zero-order chi connectivity index (χ0) is 39.4. The number of halogens is 2. The third-order valence-corrected chi connectivity index (χ3v) is 35.2. The Kier molecular flexibility index (Phi) is 10.3. The van der Waals surface area contributed by atoms with Gasteiger partial charge in [-0.3, -0.25) is 0 Å². The molecule has 0 amide bonds.